The van der Waals surface area contributed by atoms with Gasteiger partial charge in [-0.3, -0.25) is 0 Å². The summed E-state index contributed by atoms with van der Waals surface area (Å²) in [7, 11) is 0. The van der Waals surface area contributed by atoms with Gasteiger partial charge in [-0.25, -0.2) is 0 Å². The highest BCUT2D eigenvalue weighted by Gasteiger charge is 2.21. The first-order valence-corrected chi connectivity index (χ1v) is 6.33. The highest BCUT2D eigenvalue weighted by atomic mass is 16.7. The maximum Gasteiger partial charge on any atom is 0.154 e. The van der Waals surface area contributed by atoms with Crippen LogP contribution in [0.2, 0.25) is 0 Å². The summed E-state index contributed by atoms with van der Waals surface area (Å²) in [5.41, 5.74) is 0. The summed E-state index contributed by atoms with van der Waals surface area (Å²) in [6, 6.07) is 0. The van der Waals surface area contributed by atoms with Crippen molar-refractivity contribution < 1.29 is 23.7 Å². The van der Waals surface area contributed by atoms with E-state index < -0.39 is 0 Å². The minimum absolute atomic E-state index is 0.151. The molecule has 0 aromatic carbocycles. The average molecular weight is 248 g/mol. The zero-order valence-corrected chi connectivity index (χ0v) is 10.9. The second-order valence-electron chi connectivity index (χ2n) is 3.95. The molecule has 1 heterocycles. The Balaban J connectivity index is 1.71. The van der Waals surface area contributed by atoms with Gasteiger partial charge in [0, 0.05) is 6.61 Å². The molecule has 17 heavy (non-hydrogen) atoms. The fraction of sp³-hybridized carbons (Fsp3) is 1.00. The summed E-state index contributed by atoms with van der Waals surface area (Å²) in [4.78, 5) is 0. The van der Waals surface area contributed by atoms with Crippen LogP contribution in [-0.2, 0) is 23.7 Å². The molecule has 1 aliphatic heterocycles. The molecule has 5 heteroatoms. The van der Waals surface area contributed by atoms with Crippen molar-refractivity contribution in [2.45, 2.75) is 32.7 Å². The van der Waals surface area contributed by atoms with Gasteiger partial charge in [0.1, 0.15) is 6.10 Å². The molecule has 0 radical (unpaired) electrons. The smallest absolute Gasteiger partial charge is 0.154 e. The lowest BCUT2D eigenvalue weighted by Crippen LogP contribution is -2.17. The quantitative estimate of drug-likeness (QED) is 0.295. The second kappa shape index (κ2) is 9.79. The molecule has 0 spiro atoms. The average Bonchev–Trinajstić information content (AvgIpc) is 3.14. The standard InChI is InChI=1S/C12H24O5/c1-3-4-15-11(2)16-8-7-13-5-6-14-9-12-10-17-12/h11-12H,3-10H2,1-2H3. The van der Waals surface area contributed by atoms with Crippen LogP contribution in [0.1, 0.15) is 20.3 Å². The van der Waals surface area contributed by atoms with Crippen molar-refractivity contribution in [2.24, 2.45) is 0 Å². The van der Waals surface area contributed by atoms with Crippen LogP contribution in [0.3, 0.4) is 0 Å². The number of rotatable bonds is 12. The van der Waals surface area contributed by atoms with Crippen LogP contribution in [0.15, 0.2) is 0 Å². The molecule has 102 valence electrons. The lowest BCUT2D eigenvalue weighted by molar-refractivity contribution is -0.140. The van der Waals surface area contributed by atoms with Gasteiger partial charge in [0.05, 0.1) is 39.6 Å². The van der Waals surface area contributed by atoms with E-state index >= 15 is 0 Å². The monoisotopic (exact) mass is 248 g/mol. The number of hydrogen-bond donors (Lipinski definition) is 0. The highest BCUT2D eigenvalue weighted by molar-refractivity contribution is 4.66. The van der Waals surface area contributed by atoms with Crippen LogP contribution in [-0.4, -0.2) is 58.6 Å². The van der Waals surface area contributed by atoms with E-state index in [4.69, 9.17) is 23.7 Å². The van der Waals surface area contributed by atoms with Gasteiger partial charge in [-0.1, -0.05) is 6.92 Å². The number of ether oxygens (including phenoxy) is 5. The SMILES string of the molecule is CCCOC(C)OCCOCCOCC1CO1. The van der Waals surface area contributed by atoms with Crippen LogP contribution in [0.5, 0.6) is 0 Å². The molecule has 0 saturated carbocycles. The summed E-state index contributed by atoms with van der Waals surface area (Å²) in [6.45, 7) is 8.56. The van der Waals surface area contributed by atoms with Gasteiger partial charge in [0.25, 0.3) is 0 Å². The fourth-order valence-corrected chi connectivity index (χ4v) is 1.20. The fourth-order valence-electron chi connectivity index (χ4n) is 1.20. The zero-order valence-electron chi connectivity index (χ0n) is 10.9. The third-order valence-corrected chi connectivity index (χ3v) is 2.22. The highest BCUT2D eigenvalue weighted by Crippen LogP contribution is 2.07. The Morgan fingerprint density at radius 3 is 2.41 bits per heavy atom. The molecule has 1 saturated heterocycles. The number of hydrogen-bond acceptors (Lipinski definition) is 5. The Morgan fingerprint density at radius 2 is 1.71 bits per heavy atom. The van der Waals surface area contributed by atoms with E-state index in [2.05, 4.69) is 6.92 Å². The Labute approximate surface area is 103 Å². The molecule has 0 bridgehead atoms. The molecular formula is C12H24O5. The van der Waals surface area contributed by atoms with Crippen LogP contribution in [0, 0.1) is 0 Å². The first-order chi connectivity index (χ1) is 8.33. The Bertz CT molecular complexity index is 172. The molecule has 0 aromatic heterocycles. The molecule has 0 aromatic rings. The molecule has 2 atom stereocenters. The van der Waals surface area contributed by atoms with Crippen molar-refractivity contribution in [2.75, 3.05) is 46.2 Å². The molecule has 0 N–H and O–H groups in total. The molecule has 2 unspecified atom stereocenters. The topological polar surface area (TPSA) is 49.5 Å². The van der Waals surface area contributed by atoms with Crippen molar-refractivity contribution in [1.29, 1.82) is 0 Å². The molecule has 1 fully saturated rings. The Hall–Kier alpha value is -0.200. The molecule has 1 rings (SSSR count). The van der Waals surface area contributed by atoms with Crippen LogP contribution < -0.4 is 0 Å². The number of epoxide rings is 1. The van der Waals surface area contributed by atoms with Gasteiger partial charge in [0.15, 0.2) is 6.29 Å². The first-order valence-electron chi connectivity index (χ1n) is 6.33. The van der Waals surface area contributed by atoms with Crippen molar-refractivity contribution >= 4 is 0 Å². The molecular weight excluding hydrogens is 224 g/mol. The minimum Gasteiger partial charge on any atom is -0.377 e. The lowest BCUT2D eigenvalue weighted by atomic mass is 10.5. The van der Waals surface area contributed by atoms with E-state index in [1.807, 2.05) is 6.92 Å². The van der Waals surface area contributed by atoms with Gasteiger partial charge < -0.3 is 23.7 Å². The second-order valence-corrected chi connectivity index (χ2v) is 3.95. The third kappa shape index (κ3) is 9.50. The largest absolute Gasteiger partial charge is 0.377 e. The van der Waals surface area contributed by atoms with E-state index in [1.165, 1.54) is 0 Å². The summed E-state index contributed by atoms with van der Waals surface area (Å²) in [6.07, 6.45) is 1.18. The third-order valence-electron chi connectivity index (χ3n) is 2.22. The normalized spacial score (nSPS) is 20.5. The van der Waals surface area contributed by atoms with Crippen molar-refractivity contribution in [3.63, 3.8) is 0 Å². The lowest BCUT2D eigenvalue weighted by Gasteiger charge is -2.13. The molecule has 5 nitrogen and oxygen atoms in total. The summed E-state index contributed by atoms with van der Waals surface area (Å²) >= 11 is 0. The van der Waals surface area contributed by atoms with Crippen molar-refractivity contribution in [3.05, 3.63) is 0 Å². The van der Waals surface area contributed by atoms with E-state index in [-0.39, 0.29) is 6.29 Å². The van der Waals surface area contributed by atoms with E-state index in [1.54, 1.807) is 0 Å². The Morgan fingerprint density at radius 1 is 1.06 bits per heavy atom. The van der Waals surface area contributed by atoms with Gasteiger partial charge >= 0.3 is 0 Å². The first kappa shape index (κ1) is 14.9. The summed E-state index contributed by atoms with van der Waals surface area (Å²) in [5, 5.41) is 0. The van der Waals surface area contributed by atoms with Crippen LogP contribution >= 0.6 is 0 Å². The van der Waals surface area contributed by atoms with Crippen molar-refractivity contribution in [1.82, 2.24) is 0 Å². The predicted octanol–water partition coefficient (Wildman–Crippen LogP) is 1.21. The van der Waals surface area contributed by atoms with Gasteiger partial charge in [-0.15, -0.1) is 0 Å². The van der Waals surface area contributed by atoms with E-state index in [9.17, 15) is 0 Å². The van der Waals surface area contributed by atoms with Crippen LogP contribution in [0.4, 0.5) is 0 Å². The van der Waals surface area contributed by atoms with E-state index in [0.29, 0.717) is 39.1 Å². The van der Waals surface area contributed by atoms with Crippen LogP contribution in [0.25, 0.3) is 0 Å². The van der Waals surface area contributed by atoms with Gasteiger partial charge in [0.2, 0.25) is 0 Å². The molecule has 0 aliphatic carbocycles. The maximum atomic E-state index is 5.39. The summed E-state index contributed by atoms with van der Waals surface area (Å²) in [5.74, 6) is 0. The van der Waals surface area contributed by atoms with Gasteiger partial charge in [-0.2, -0.15) is 0 Å². The van der Waals surface area contributed by atoms with Gasteiger partial charge in [-0.05, 0) is 13.3 Å². The van der Waals surface area contributed by atoms with E-state index in [0.717, 1.165) is 19.6 Å². The molecule has 0 amide bonds. The van der Waals surface area contributed by atoms with Crippen molar-refractivity contribution in [3.8, 4) is 0 Å². The molecule has 1 aliphatic rings. The summed E-state index contributed by atoms with van der Waals surface area (Å²) < 4.78 is 26.4. The predicted molar refractivity (Wildman–Crippen MR) is 63.0 cm³/mol. The maximum absolute atomic E-state index is 5.39. The zero-order chi connectivity index (χ0) is 12.3. The minimum atomic E-state index is -0.151. The Kier molecular flexibility index (Phi) is 8.56.